The number of para-hydroxylation sites is 2. The topological polar surface area (TPSA) is 27.1 Å². The minimum atomic E-state index is 0.207. The summed E-state index contributed by atoms with van der Waals surface area (Å²) in [6.07, 6.45) is 10.3. The van der Waals surface area contributed by atoms with Crippen molar-refractivity contribution >= 4 is 66.8 Å². The van der Waals surface area contributed by atoms with Crippen molar-refractivity contribution < 1.29 is 4.74 Å². The maximum absolute atomic E-state index is 6.70. The Morgan fingerprint density at radius 1 is 0.533 bits per heavy atom. The van der Waals surface area contributed by atoms with E-state index in [9.17, 15) is 0 Å². The van der Waals surface area contributed by atoms with Crippen molar-refractivity contribution in [2.75, 3.05) is 0 Å². The number of nitrogens with zero attached hydrogens (tertiary/aromatic N) is 2. The van der Waals surface area contributed by atoms with E-state index in [-0.39, 0.29) is 5.92 Å². The third kappa shape index (κ3) is 4.31. The maximum Gasteiger partial charge on any atom is 0.138 e. The lowest BCUT2D eigenvalue weighted by molar-refractivity contribution is 0.487. The SMILES string of the molecule is C1=CC=Cc2c(C3=C4c5ccccc5-c5ccc(-c6ccc7c8c9cccc%10c9c(cc8n(-c8ccccc8)c7c6)Oc6ccccc6-%10)cc5C43)cc3cccnc3c2C=1. The molecule has 60 heavy (non-hydrogen) atoms. The number of benzene rings is 8. The normalized spacial score (nSPS) is 15.1. The molecule has 276 valence electrons. The van der Waals surface area contributed by atoms with Crippen LogP contribution in [0.3, 0.4) is 0 Å². The van der Waals surface area contributed by atoms with Gasteiger partial charge in [0.25, 0.3) is 0 Å². The van der Waals surface area contributed by atoms with Gasteiger partial charge in [0.2, 0.25) is 0 Å². The number of ether oxygens (including phenoxy) is 1. The zero-order valence-electron chi connectivity index (χ0n) is 32.3. The standard InChI is InChI=1S/C57H32N2O/c1-3-14-36(15-4-1)59-48-31-34(25-27-44(48)52-45-22-11-21-42-40-18-9-10-23-50(40)60-51(53(42)45)32-49(52)59)33-24-26-39-37-17-7-8-19-41(37)54-55(46(39)29-33)56(54)47-30-35-13-12-28-58-57(35)43-20-6-2-5-16-38(43)47/h1-5,7-32,55H. The number of hydrogen-bond donors (Lipinski definition) is 0. The van der Waals surface area contributed by atoms with E-state index in [1.54, 1.807) is 0 Å². The molecule has 3 nitrogen and oxygen atoms in total. The van der Waals surface area contributed by atoms with Gasteiger partial charge in [-0.2, -0.15) is 0 Å². The quantitative estimate of drug-likeness (QED) is 0.168. The number of allylic oxidation sites excluding steroid dienone is 4. The zero-order valence-corrected chi connectivity index (χ0v) is 32.3. The Morgan fingerprint density at radius 3 is 2.27 bits per heavy atom. The molecule has 0 N–H and O–H groups in total. The molecule has 1 unspecified atom stereocenters. The van der Waals surface area contributed by atoms with Gasteiger partial charge in [0.1, 0.15) is 11.5 Å². The fourth-order valence-electron chi connectivity index (χ4n) is 10.6. The molecule has 3 aliphatic carbocycles. The Labute approximate surface area is 345 Å². The molecule has 14 rings (SSSR count). The predicted molar refractivity (Wildman–Crippen MR) is 248 cm³/mol. The van der Waals surface area contributed by atoms with Crippen LogP contribution in [0.15, 0.2) is 182 Å². The van der Waals surface area contributed by atoms with E-state index in [4.69, 9.17) is 9.72 Å². The van der Waals surface area contributed by atoms with Gasteiger partial charge in [-0.25, -0.2) is 0 Å². The Balaban J connectivity index is 0.976. The molecule has 0 saturated carbocycles. The Morgan fingerprint density at radius 2 is 1.33 bits per heavy atom. The van der Waals surface area contributed by atoms with E-state index in [0.717, 1.165) is 44.7 Å². The van der Waals surface area contributed by atoms with Crippen LogP contribution in [0.4, 0.5) is 0 Å². The minimum Gasteiger partial charge on any atom is -0.456 e. The van der Waals surface area contributed by atoms with Crippen LogP contribution in [0.2, 0.25) is 0 Å². The molecule has 0 spiro atoms. The monoisotopic (exact) mass is 760 g/mol. The lowest BCUT2D eigenvalue weighted by atomic mass is 9.83. The van der Waals surface area contributed by atoms with Crippen molar-refractivity contribution in [1.29, 1.82) is 0 Å². The summed E-state index contributed by atoms with van der Waals surface area (Å²) in [5, 5.41) is 5.99. The van der Waals surface area contributed by atoms with Crippen molar-refractivity contribution in [3.05, 3.63) is 210 Å². The van der Waals surface area contributed by atoms with Crippen molar-refractivity contribution in [3.63, 3.8) is 0 Å². The fourth-order valence-corrected chi connectivity index (χ4v) is 10.6. The average Bonchev–Trinajstić information content (AvgIpc) is 4.04. The lowest BCUT2D eigenvalue weighted by Gasteiger charge is -2.22. The van der Waals surface area contributed by atoms with Crippen LogP contribution in [-0.2, 0) is 0 Å². The van der Waals surface area contributed by atoms with Gasteiger partial charge in [0.15, 0.2) is 0 Å². The zero-order chi connectivity index (χ0) is 39.1. The van der Waals surface area contributed by atoms with E-state index < -0.39 is 0 Å². The molecule has 8 aromatic carbocycles. The van der Waals surface area contributed by atoms with Gasteiger partial charge in [-0.15, -0.1) is 5.73 Å². The molecule has 4 aliphatic rings. The highest BCUT2D eigenvalue weighted by molar-refractivity contribution is 6.26. The molecule has 2 aromatic heterocycles. The summed E-state index contributed by atoms with van der Waals surface area (Å²) in [4.78, 5) is 4.82. The van der Waals surface area contributed by atoms with Gasteiger partial charge in [-0.3, -0.25) is 4.98 Å². The third-order valence-corrected chi connectivity index (χ3v) is 13.2. The highest BCUT2D eigenvalue weighted by atomic mass is 16.5. The van der Waals surface area contributed by atoms with Gasteiger partial charge in [0.05, 0.1) is 16.6 Å². The van der Waals surface area contributed by atoms with Gasteiger partial charge in [-0.1, -0.05) is 121 Å². The van der Waals surface area contributed by atoms with Gasteiger partial charge >= 0.3 is 0 Å². The molecule has 3 heterocycles. The highest BCUT2D eigenvalue weighted by Crippen LogP contribution is 2.66. The van der Waals surface area contributed by atoms with Crippen LogP contribution in [-0.4, -0.2) is 9.55 Å². The molecule has 0 fully saturated rings. The summed E-state index contributed by atoms with van der Waals surface area (Å²) < 4.78 is 9.12. The summed E-state index contributed by atoms with van der Waals surface area (Å²) in [5.74, 6) is 2.00. The van der Waals surface area contributed by atoms with Crippen molar-refractivity contribution in [2.45, 2.75) is 5.92 Å². The Hall–Kier alpha value is -7.97. The van der Waals surface area contributed by atoms with Crippen LogP contribution in [0.1, 0.15) is 33.7 Å². The first-order valence-corrected chi connectivity index (χ1v) is 20.6. The molecule has 0 radical (unpaired) electrons. The molecule has 0 saturated heterocycles. The molecular formula is C57H32N2O. The van der Waals surface area contributed by atoms with E-state index in [0.29, 0.717) is 0 Å². The average molecular weight is 761 g/mol. The van der Waals surface area contributed by atoms with Gasteiger partial charge in [0, 0.05) is 56.5 Å². The molecule has 1 aliphatic heterocycles. The summed E-state index contributed by atoms with van der Waals surface area (Å²) in [6.45, 7) is 0. The summed E-state index contributed by atoms with van der Waals surface area (Å²) in [6, 6.07) is 57.8. The first-order chi connectivity index (χ1) is 29.8. The van der Waals surface area contributed by atoms with Crippen LogP contribution >= 0.6 is 0 Å². The molecule has 0 bridgehead atoms. The van der Waals surface area contributed by atoms with E-state index in [2.05, 4.69) is 174 Å². The number of fused-ring (bicyclic) bond motifs is 15. The summed E-state index contributed by atoms with van der Waals surface area (Å²) in [5.41, 5.74) is 24.3. The summed E-state index contributed by atoms with van der Waals surface area (Å²) in [7, 11) is 0. The smallest absolute Gasteiger partial charge is 0.138 e. The Kier molecular flexibility index (Phi) is 6.30. The van der Waals surface area contributed by atoms with Crippen LogP contribution in [0, 0.1) is 0 Å². The third-order valence-electron chi connectivity index (χ3n) is 13.2. The van der Waals surface area contributed by atoms with Crippen molar-refractivity contribution in [3.8, 4) is 50.6 Å². The maximum atomic E-state index is 6.70. The summed E-state index contributed by atoms with van der Waals surface area (Å²) >= 11 is 0. The van der Waals surface area contributed by atoms with E-state index in [1.807, 2.05) is 24.4 Å². The second kappa shape index (κ2) is 11.8. The molecular weight excluding hydrogens is 729 g/mol. The minimum absolute atomic E-state index is 0.207. The Bertz CT molecular complexity index is 3720. The first kappa shape index (κ1) is 32.0. The van der Waals surface area contributed by atoms with Crippen LogP contribution < -0.4 is 4.74 Å². The predicted octanol–water partition coefficient (Wildman–Crippen LogP) is 14.8. The molecule has 10 aromatic rings. The molecule has 1 atom stereocenters. The van der Waals surface area contributed by atoms with Gasteiger partial charge in [-0.05, 0) is 121 Å². The van der Waals surface area contributed by atoms with Crippen LogP contribution in [0.5, 0.6) is 11.5 Å². The largest absolute Gasteiger partial charge is 0.456 e. The van der Waals surface area contributed by atoms with Gasteiger partial charge < -0.3 is 9.30 Å². The van der Waals surface area contributed by atoms with Crippen molar-refractivity contribution in [2.24, 2.45) is 0 Å². The fraction of sp³-hybridized carbons (Fsp3) is 0.0175. The van der Waals surface area contributed by atoms with Crippen molar-refractivity contribution in [1.82, 2.24) is 9.55 Å². The number of rotatable bonds is 3. The van der Waals surface area contributed by atoms with E-state index in [1.165, 1.54) is 88.3 Å². The highest BCUT2D eigenvalue weighted by Gasteiger charge is 2.46. The second-order valence-corrected chi connectivity index (χ2v) is 16.3. The number of aromatic nitrogens is 2. The molecule has 0 amide bonds. The molecule has 3 heteroatoms. The van der Waals surface area contributed by atoms with Crippen LogP contribution in [0.25, 0.3) is 106 Å². The second-order valence-electron chi connectivity index (χ2n) is 16.3. The lowest BCUT2D eigenvalue weighted by Crippen LogP contribution is -2.00. The number of pyridine rings is 1. The number of hydrogen-bond acceptors (Lipinski definition) is 2. The first-order valence-electron chi connectivity index (χ1n) is 20.6. The van der Waals surface area contributed by atoms with E-state index >= 15 is 0 Å².